The van der Waals surface area contributed by atoms with Crippen molar-refractivity contribution < 1.29 is 0 Å². The number of aromatic nitrogens is 2. The van der Waals surface area contributed by atoms with Crippen LogP contribution in [0, 0.1) is 0 Å². The van der Waals surface area contributed by atoms with Gasteiger partial charge >= 0.3 is 0 Å². The summed E-state index contributed by atoms with van der Waals surface area (Å²) in [6.07, 6.45) is 1.79. The van der Waals surface area contributed by atoms with Crippen molar-refractivity contribution in [2.45, 2.75) is 37.1 Å². The summed E-state index contributed by atoms with van der Waals surface area (Å²) in [6, 6.07) is 5.66. The molecule has 0 aliphatic heterocycles. The van der Waals surface area contributed by atoms with E-state index in [9.17, 15) is 4.79 Å². The highest BCUT2D eigenvalue weighted by atomic mass is 32.2. The Kier molecular flexibility index (Phi) is 4.60. The van der Waals surface area contributed by atoms with E-state index in [1.54, 1.807) is 29.2 Å². The van der Waals surface area contributed by atoms with Crippen molar-refractivity contribution in [3.05, 3.63) is 44.5 Å². The normalized spacial score (nSPS) is 12.6. The van der Waals surface area contributed by atoms with Gasteiger partial charge in [0.05, 0.1) is 5.69 Å². The summed E-state index contributed by atoms with van der Waals surface area (Å²) in [6.45, 7) is 4.27. The van der Waals surface area contributed by atoms with Gasteiger partial charge in [0.25, 0.3) is 5.56 Å². The molecule has 0 spiro atoms. The molecule has 1 unspecified atom stereocenters. The minimum absolute atomic E-state index is 0.0673. The molecule has 5 heteroatoms. The molecule has 3 nitrogen and oxygen atoms in total. The molecule has 0 fully saturated rings. The summed E-state index contributed by atoms with van der Waals surface area (Å²) in [7, 11) is 0. The fraction of sp³-hybridized carbons (Fsp3) is 0.385. The lowest BCUT2D eigenvalue weighted by Crippen LogP contribution is -2.11. The number of thioether (sulfide) groups is 1. The summed E-state index contributed by atoms with van der Waals surface area (Å²) in [4.78, 5) is 20.1. The Morgan fingerprint density at radius 3 is 3.06 bits per heavy atom. The maximum absolute atomic E-state index is 11.6. The number of aromatic amines is 1. The Bertz CT molecular complexity index is 548. The molecule has 2 aromatic rings. The average Bonchev–Trinajstić information content (AvgIpc) is 2.80. The smallest absolute Gasteiger partial charge is 0.251 e. The van der Waals surface area contributed by atoms with Crippen molar-refractivity contribution in [3.8, 4) is 0 Å². The lowest BCUT2D eigenvalue weighted by atomic mass is 10.2. The molecule has 1 atom stereocenters. The van der Waals surface area contributed by atoms with E-state index in [-0.39, 0.29) is 5.56 Å². The molecule has 96 valence electrons. The number of nitrogens with one attached hydrogen (secondary N) is 1. The topological polar surface area (TPSA) is 45.8 Å². The Morgan fingerprint density at radius 2 is 2.39 bits per heavy atom. The van der Waals surface area contributed by atoms with Crippen molar-refractivity contribution >= 4 is 23.1 Å². The standard InChI is InChI=1S/C13H16N2OS2/c1-3-9(2)18-13-14-10(8-12(16)15-13)7-11-5-4-6-17-11/h4-6,8-9H,3,7H2,1-2H3,(H,14,15,16). The van der Waals surface area contributed by atoms with E-state index in [4.69, 9.17) is 0 Å². The molecule has 0 amide bonds. The Morgan fingerprint density at radius 1 is 1.56 bits per heavy atom. The summed E-state index contributed by atoms with van der Waals surface area (Å²) in [5, 5.41) is 3.23. The zero-order valence-corrected chi connectivity index (χ0v) is 12.1. The van der Waals surface area contributed by atoms with Crippen LogP contribution in [-0.2, 0) is 6.42 Å². The maximum Gasteiger partial charge on any atom is 0.251 e. The first-order valence-electron chi connectivity index (χ1n) is 5.96. The molecule has 2 rings (SSSR count). The molecule has 0 aliphatic carbocycles. The first-order chi connectivity index (χ1) is 8.67. The molecule has 0 saturated carbocycles. The summed E-state index contributed by atoms with van der Waals surface area (Å²) >= 11 is 3.31. The fourth-order valence-electron chi connectivity index (χ4n) is 1.50. The number of thiophene rings is 1. The number of nitrogens with zero attached hydrogens (tertiary/aromatic N) is 1. The summed E-state index contributed by atoms with van der Waals surface area (Å²) < 4.78 is 0. The summed E-state index contributed by atoms with van der Waals surface area (Å²) in [5.41, 5.74) is 0.773. The van der Waals surface area contributed by atoms with Crippen molar-refractivity contribution in [2.75, 3.05) is 0 Å². The second-order valence-electron chi connectivity index (χ2n) is 4.13. The van der Waals surface area contributed by atoms with Gasteiger partial charge in [-0.15, -0.1) is 11.3 Å². The van der Waals surface area contributed by atoms with E-state index in [0.29, 0.717) is 5.25 Å². The monoisotopic (exact) mass is 280 g/mol. The van der Waals surface area contributed by atoms with Gasteiger partial charge in [0, 0.05) is 22.6 Å². The Labute approximate surface area is 115 Å². The molecule has 1 N–H and O–H groups in total. The zero-order valence-electron chi connectivity index (χ0n) is 10.5. The highest BCUT2D eigenvalue weighted by Gasteiger charge is 2.07. The van der Waals surface area contributed by atoms with Crippen LogP contribution in [0.25, 0.3) is 0 Å². The van der Waals surface area contributed by atoms with Gasteiger partial charge in [-0.25, -0.2) is 4.98 Å². The lowest BCUT2D eigenvalue weighted by molar-refractivity contribution is 0.855. The van der Waals surface area contributed by atoms with Crippen molar-refractivity contribution in [3.63, 3.8) is 0 Å². The van der Waals surface area contributed by atoms with E-state index in [1.807, 2.05) is 11.4 Å². The second-order valence-corrected chi connectivity index (χ2v) is 6.59. The molecular formula is C13H16N2OS2. The molecule has 2 heterocycles. The van der Waals surface area contributed by atoms with Gasteiger partial charge in [-0.1, -0.05) is 31.7 Å². The third-order valence-corrected chi connectivity index (χ3v) is 4.62. The van der Waals surface area contributed by atoms with E-state index >= 15 is 0 Å². The Balaban J connectivity index is 2.18. The van der Waals surface area contributed by atoms with Crippen LogP contribution >= 0.6 is 23.1 Å². The van der Waals surface area contributed by atoms with Crippen LogP contribution in [0.1, 0.15) is 30.8 Å². The van der Waals surface area contributed by atoms with Crippen molar-refractivity contribution in [1.82, 2.24) is 9.97 Å². The number of rotatable bonds is 5. The van der Waals surface area contributed by atoms with Gasteiger partial charge in [0.2, 0.25) is 0 Å². The molecular weight excluding hydrogens is 264 g/mol. The van der Waals surface area contributed by atoms with E-state index < -0.39 is 0 Å². The first-order valence-corrected chi connectivity index (χ1v) is 7.72. The molecule has 0 radical (unpaired) electrons. The molecule has 0 aromatic carbocycles. The van der Waals surface area contributed by atoms with Crippen LogP contribution in [0.2, 0.25) is 0 Å². The van der Waals surface area contributed by atoms with Crippen LogP contribution in [-0.4, -0.2) is 15.2 Å². The van der Waals surface area contributed by atoms with Crippen LogP contribution in [0.3, 0.4) is 0 Å². The summed E-state index contributed by atoms with van der Waals surface area (Å²) in [5.74, 6) is 0. The van der Waals surface area contributed by atoms with E-state index in [0.717, 1.165) is 23.7 Å². The third kappa shape index (κ3) is 3.71. The van der Waals surface area contributed by atoms with Crippen LogP contribution in [0.4, 0.5) is 0 Å². The van der Waals surface area contributed by atoms with Gasteiger partial charge in [0.15, 0.2) is 5.16 Å². The quantitative estimate of drug-likeness (QED) is 0.675. The highest BCUT2D eigenvalue weighted by molar-refractivity contribution is 7.99. The van der Waals surface area contributed by atoms with Crippen LogP contribution in [0.5, 0.6) is 0 Å². The molecule has 2 aromatic heterocycles. The van der Waals surface area contributed by atoms with Gasteiger partial charge < -0.3 is 4.98 Å². The van der Waals surface area contributed by atoms with E-state index in [1.165, 1.54) is 4.88 Å². The average molecular weight is 280 g/mol. The first kappa shape index (κ1) is 13.4. The second kappa shape index (κ2) is 6.20. The maximum atomic E-state index is 11.6. The number of hydrogen-bond donors (Lipinski definition) is 1. The van der Waals surface area contributed by atoms with Crippen molar-refractivity contribution in [2.24, 2.45) is 0 Å². The molecule has 0 aliphatic rings. The van der Waals surface area contributed by atoms with E-state index in [2.05, 4.69) is 29.9 Å². The third-order valence-electron chi connectivity index (χ3n) is 2.60. The SMILES string of the molecule is CCC(C)Sc1nc(Cc2cccs2)cc(=O)[nH]1. The minimum atomic E-state index is -0.0673. The van der Waals surface area contributed by atoms with Crippen LogP contribution in [0.15, 0.2) is 33.5 Å². The highest BCUT2D eigenvalue weighted by Crippen LogP contribution is 2.21. The number of H-pyrrole nitrogens is 1. The van der Waals surface area contributed by atoms with Gasteiger partial charge in [-0.05, 0) is 17.9 Å². The van der Waals surface area contributed by atoms with Gasteiger partial charge in [0.1, 0.15) is 0 Å². The zero-order chi connectivity index (χ0) is 13.0. The molecule has 0 bridgehead atoms. The molecule has 0 saturated heterocycles. The molecule has 18 heavy (non-hydrogen) atoms. The van der Waals surface area contributed by atoms with Crippen molar-refractivity contribution in [1.29, 1.82) is 0 Å². The van der Waals surface area contributed by atoms with Crippen LogP contribution < -0.4 is 5.56 Å². The lowest BCUT2D eigenvalue weighted by Gasteiger charge is -2.07. The largest absolute Gasteiger partial charge is 0.301 e. The fourth-order valence-corrected chi connectivity index (χ4v) is 3.09. The predicted molar refractivity (Wildman–Crippen MR) is 77.6 cm³/mol. The van der Waals surface area contributed by atoms with Gasteiger partial charge in [-0.2, -0.15) is 0 Å². The minimum Gasteiger partial charge on any atom is -0.301 e. The van der Waals surface area contributed by atoms with Gasteiger partial charge in [-0.3, -0.25) is 4.79 Å². The number of hydrogen-bond acceptors (Lipinski definition) is 4. The predicted octanol–water partition coefficient (Wildman–Crippen LogP) is 3.31. The Hall–Kier alpha value is -1.07.